The second kappa shape index (κ2) is 3.45. The molecule has 0 aliphatic rings. The summed E-state index contributed by atoms with van der Waals surface area (Å²) in [7, 11) is 0. The van der Waals surface area contributed by atoms with Crippen molar-refractivity contribution in [2.24, 2.45) is 0 Å². The van der Waals surface area contributed by atoms with E-state index in [4.69, 9.17) is 9.66 Å². The van der Waals surface area contributed by atoms with Gasteiger partial charge in [0.05, 0.1) is 17.6 Å². The summed E-state index contributed by atoms with van der Waals surface area (Å²) >= 11 is -1.87. The normalized spacial score (nSPS) is 12.8. The molecule has 0 aliphatic heterocycles. The zero-order chi connectivity index (χ0) is 8.27. The van der Waals surface area contributed by atoms with Gasteiger partial charge >= 0.3 is 0 Å². The van der Waals surface area contributed by atoms with Gasteiger partial charge in [0.2, 0.25) is 0 Å². The van der Waals surface area contributed by atoms with E-state index in [0.29, 0.717) is 5.69 Å². The van der Waals surface area contributed by atoms with Crippen molar-refractivity contribution < 1.29 is 13.9 Å². The first-order chi connectivity index (χ1) is 5.18. The quantitative estimate of drug-likeness (QED) is 0.639. The summed E-state index contributed by atoms with van der Waals surface area (Å²) < 4.78 is 18.7. The van der Waals surface area contributed by atoms with E-state index in [9.17, 15) is 4.21 Å². The molecule has 0 amide bonds. The molecule has 1 rings (SSSR count). The van der Waals surface area contributed by atoms with E-state index in [1.54, 1.807) is 0 Å². The van der Waals surface area contributed by atoms with E-state index < -0.39 is 11.1 Å². The van der Waals surface area contributed by atoms with Crippen LogP contribution in [0.4, 0.5) is 0 Å². The Bertz CT molecular complexity index is 259. The van der Waals surface area contributed by atoms with Gasteiger partial charge in [0, 0.05) is 0 Å². The lowest BCUT2D eigenvalue weighted by Gasteiger charge is -1.95. The van der Waals surface area contributed by atoms with Crippen LogP contribution >= 0.6 is 0 Å². The molecule has 0 spiro atoms. The van der Waals surface area contributed by atoms with E-state index in [0.717, 1.165) is 0 Å². The summed E-state index contributed by atoms with van der Waals surface area (Å²) in [5, 5.41) is 8.79. The third kappa shape index (κ3) is 2.65. The Hall–Kier alpha value is -0.940. The number of aromatic nitrogens is 1. The number of hydrogen-bond acceptors (Lipinski definition) is 3. The first-order valence-corrected chi connectivity index (χ1v) is 4.17. The minimum absolute atomic E-state index is 0.000278. The molecule has 0 saturated heterocycles. The van der Waals surface area contributed by atoms with Gasteiger partial charge in [-0.2, -0.15) is 0 Å². The molecular formula is C6H7NO3S. The van der Waals surface area contributed by atoms with Crippen molar-refractivity contribution in [3.8, 4) is 5.75 Å². The Balaban J connectivity index is 2.74. The molecule has 1 aromatic heterocycles. The van der Waals surface area contributed by atoms with Crippen LogP contribution < -0.4 is 0 Å². The lowest BCUT2D eigenvalue weighted by molar-refractivity contribution is 0.472. The largest absolute Gasteiger partial charge is 0.506 e. The van der Waals surface area contributed by atoms with E-state index in [1.165, 1.54) is 18.3 Å². The molecular weight excluding hydrogens is 166 g/mol. The predicted octanol–water partition coefficient (Wildman–Crippen LogP) is 0.509. The lowest BCUT2D eigenvalue weighted by atomic mass is 10.4. The van der Waals surface area contributed by atoms with Crippen LogP contribution in [0.2, 0.25) is 0 Å². The third-order valence-electron chi connectivity index (χ3n) is 1.08. The summed E-state index contributed by atoms with van der Waals surface area (Å²) in [6.07, 6.45) is 1.24. The highest BCUT2D eigenvalue weighted by atomic mass is 32.2. The van der Waals surface area contributed by atoms with Gasteiger partial charge in [0.25, 0.3) is 0 Å². The summed E-state index contributed by atoms with van der Waals surface area (Å²) in [6.45, 7) is 0. The molecule has 0 fully saturated rings. The van der Waals surface area contributed by atoms with Crippen LogP contribution in [0.25, 0.3) is 0 Å². The molecule has 1 unspecified atom stereocenters. The van der Waals surface area contributed by atoms with E-state index in [-0.39, 0.29) is 11.5 Å². The van der Waals surface area contributed by atoms with E-state index in [1.807, 2.05) is 0 Å². The second-order valence-corrected chi connectivity index (χ2v) is 2.91. The van der Waals surface area contributed by atoms with Crippen molar-refractivity contribution in [1.29, 1.82) is 0 Å². The smallest absolute Gasteiger partial charge is 0.158 e. The van der Waals surface area contributed by atoms with Crippen LogP contribution in [-0.4, -0.2) is 18.9 Å². The third-order valence-corrected chi connectivity index (χ3v) is 1.62. The van der Waals surface area contributed by atoms with Gasteiger partial charge in [-0.05, 0) is 12.1 Å². The van der Waals surface area contributed by atoms with Gasteiger partial charge in [-0.25, -0.2) is 4.21 Å². The summed E-state index contributed by atoms with van der Waals surface area (Å²) in [5.41, 5.74) is 0.489. The number of pyridine rings is 1. The maximum atomic E-state index is 10.3. The van der Waals surface area contributed by atoms with Crippen LogP contribution in [0, 0.1) is 0 Å². The topological polar surface area (TPSA) is 70.4 Å². The molecule has 1 atom stereocenters. The maximum Gasteiger partial charge on any atom is 0.158 e. The summed E-state index contributed by atoms with van der Waals surface area (Å²) in [4.78, 5) is 3.72. The van der Waals surface area contributed by atoms with Gasteiger partial charge < -0.3 is 9.66 Å². The highest BCUT2D eigenvalue weighted by Crippen LogP contribution is 2.06. The Morgan fingerprint density at radius 1 is 1.55 bits per heavy atom. The van der Waals surface area contributed by atoms with Gasteiger partial charge in [0.15, 0.2) is 11.1 Å². The average molecular weight is 173 g/mol. The van der Waals surface area contributed by atoms with Crippen LogP contribution in [0.1, 0.15) is 5.69 Å². The molecule has 2 N–H and O–H groups in total. The van der Waals surface area contributed by atoms with Crippen molar-refractivity contribution in [2.75, 3.05) is 0 Å². The molecule has 5 heteroatoms. The predicted molar refractivity (Wildman–Crippen MR) is 40.4 cm³/mol. The number of hydrogen-bond donors (Lipinski definition) is 2. The monoisotopic (exact) mass is 173 g/mol. The fourth-order valence-electron chi connectivity index (χ4n) is 0.629. The standard InChI is InChI=1S/C6H7NO3S/c8-6-2-1-5(7-3-6)4-11(9)10/h1-3,8H,4H2,(H,9,10). The maximum absolute atomic E-state index is 10.3. The van der Waals surface area contributed by atoms with Crippen LogP contribution in [-0.2, 0) is 16.8 Å². The van der Waals surface area contributed by atoms with Crippen LogP contribution in [0.3, 0.4) is 0 Å². The zero-order valence-corrected chi connectivity index (χ0v) is 6.41. The van der Waals surface area contributed by atoms with E-state index >= 15 is 0 Å². The summed E-state index contributed by atoms with van der Waals surface area (Å²) in [5.74, 6) is 0.0535. The molecule has 11 heavy (non-hydrogen) atoms. The zero-order valence-electron chi connectivity index (χ0n) is 5.60. The average Bonchev–Trinajstić information content (AvgIpc) is 1.93. The van der Waals surface area contributed by atoms with Crippen molar-refractivity contribution >= 4 is 11.1 Å². The van der Waals surface area contributed by atoms with Gasteiger partial charge in [-0.3, -0.25) is 4.98 Å². The summed E-state index contributed by atoms with van der Waals surface area (Å²) in [6, 6.07) is 2.93. The molecule has 0 saturated carbocycles. The van der Waals surface area contributed by atoms with Crippen molar-refractivity contribution in [3.05, 3.63) is 24.0 Å². The molecule has 1 aromatic rings. The Morgan fingerprint density at radius 3 is 2.73 bits per heavy atom. The van der Waals surface area contributed by atoms with Crippen molar-refractivity contribution in [3.63, 3.8) is 0 Å². The highest BCUT2D eigenvalue weighted by Gasteiger charge is 1.98. The Morgan fingerprint density at radius 2 is 2.27 bits per heavy atom. The van der Waals surface area contributed by atoms with E-state index in [2.05, 4.69) is 4.98 Å². The number of rotatable bonds is 2. The Kier molecular flexibility index (Phi) is 2.56. The Labute approximate surface area is 66.2 Å². The molecule has 1 heterocycles. The molecule has 0 radical (unpaired) electrons. The molecule has 0 bridgehead atoms. The minimum atomic E-state index is -1.87. The number of nitrogens with zero attached hydrogens (tertiary/aromatic N) is 1. The number of aromatic hydroxyl groups is 1. The van der Waals surface area contributed by atoms with Crippen LogP contribution in [0.5, 0.6) is 5.75 Å². The van der Waals surface area contributed by atoms with Crippen LogP contribution in [0.15, 0.2) is 18.3 Å². The van der Waals surface area contributed by atoms with Crippen molar-refractivity contribution in [2.45, 2.75) is 5.75 Å². The van der Waals surface area contributed by atoms with Crippen molar-refractivity contribution in [1.82, 2.24) is 4.98 Å². The van der Waals surface area contributed by atoms with Gasteiger partial charge in [0.1, 0.15) is 5.75 Å². The molecule has 0 aromatic carbocycles. The highest BCUT2D eigenvalue weighted by molar-refractivity contribution is 7.78. The lowest BCUT2D eigenvalue weighted by Crippen LogP contribution is -1.94. The van der Waals surface area contributed by atoms with Gasteiger partial charge in [-0.15, -0.1) is 0 Å². The van der Waals surface area contributed by atoms with Gasteiger partial charge in [-0.1, -0.05) is 0 Å². The second-order valence-electron chi connectivity index (χ2n) is 1.97. The SMILES string of the molecule is O=S(O)Cc1ccc(O)cn1. The minimum Gasteiger partial charge on any atom is -0.506 e. The molecule has 0 aliphatic carbocycles. The molecule has 4 nitrogen and oxygen atoms in total. The first kappa shape index (κ1) is 8.16. The first-order valence-electron chi connectivity index (χ1n) is 2.90. The molecule has 60 valence electrons. The fraction of sp³-hybridized carbons (Fsp3) is 0.167. The fourth-order valence-corrected chi connectivity index (χ4v) is 1.05.